The summed E-state index contributed by atoms with van der Waals surface area (Å²) in [7, 11) is -3.44. The third kappa shape index (κ3) is 4.04. The summed E-state index contributed by atoms with van der Waals surface area (Å²) < 4.78 is 21.2. The van der Waals surface area contributed by atoms with Gasteiger partial charge in [-0.15, -0.1) is 0 Å². The molecule has 56 valence electrons. The molecule has 0 rings (SSSR count). The highest BCUT2D eigenvalue weighted by atomic mass is 32.2. The molecule has 0 spiro atoms. The van der Waals surface area contributed by atoms with E-state index in [4.69, 9.17) is 5.26 Å². The second-order valence-electron chi connectivity index (χ2n) is 1.89. The molecular formula is C5H7NO3S. The van der Waals surface area contributed by atoms with Crippen LogP contribution in [0.5, 0.6) is 0 Å². The van der Waals surface area contributed by atoms with Gasteiger partial charge in [-0.1, -0.05) is 0 Å². The molecule has 0 heterocycles. The lowest BCUT2D eigenvalue weighted by Gasteiger charge is -1.91. The van der Waals surface area contributed by atoms with E-state index in [1.807, 2.05) is 0 Å². The summed E-state index contributed by atoms with van der Waals surface area (Å²) in [5, 5.41) is 7.97. The summed E-state index contributed by atoms with van der Waals surface area (Å²) in [6.45, 7) is 1.18. The highest BCUT2D eigenvalue weighted by Crippen LogP contribution is 1.88. The summed E-state index contributed by atoms with van der Waals surface area (Å²) in [6, 6.07) is 1.47. The maximum absolute atomic E-state index is 10.6. The van der Waals surface area contributed by atoms with Gasteiger partial charge in [0, 0.05) is 0 Å². The van der Waals surface area contributed by atoms with E-state index >= 15 is 0 Å². The van der Waals surface area contributed by atoms with E-state index in [0.29, 0.717) is 0 Å². The number of Topliss-reactive ketones (excluding diaryl/α,β-unsaturated/α-hetero) is 1. The van der Waals surface area contributed by atoms with Gasteiger partial charge in [-0.2, -0.15) is 5.26 Å². The lowest BCUT2D eigenvalue weighted by atomic mass is 10.5. The first-order valence-electron chi connectivity index (χ1n) is 2.55. The van der Waals surface area contributed by atoms with E-state index in [1.165, 1.54) is 13.0 Å². The molecule has 4 nitrogen and oxygen atoms in total. The lowest BCUT2D eigenvalue weighted by Crippen LogP contribution is -2.15. The molecule has 0 aliphatic heterocycles. The first-order chi connectivity index (χ1) is 4.48. The molecule has 0 N–H and O–H groups in total. The topological polar surface area (TPSA) is 75.0 Å². The Balaban J connectivity index is 4.19. The average molecular weight is 161 g/mol. The summed E-state index contributed by atoms with van der Waals surface area (Å²) >= 11 is 0. The quantitative estimate of drug-likeness (QED) is 0.560. The van der Waals surface area contributed by atoms with E-state index < -0.39 is 27.1 Å². The van der Waals surface area contributed by atoms with Gasteiger partial charge in [0.15, 0.2) is 9.84 Å². The van der Waals surface area contributed by atoms with E-state index in [-0.39, 0.29) is 0 Å². The number of nitriles is 1. The molecule has 0 aliphatic carbocycles. The van der Waals surface area contributed by atoms with Crippen molar-refractivity contribution in [3.8, 4) is 6.07 Å². The van der Waals surface area contributed by atoms with Crippen LogP contribution in [0.2, 0.25) is 0 Å². The van der Waals surface area contributed by atoms with Crippen molar-refractivity contribution >= 4 is 15.6 Å². The largest absolute Gasteiger partial charge is 0.299 e. The summed E-state index contributed by atoms with van der Waals surface area (Å²) in [6.07, 6.45) is 0. The molecule has 0 aromatic rings. The Hall–Kier alpha value is -0.890. The Labute approximate surface area is 59.4 Å². The molecule has 0 amide bonds. The number of hydrogen-bond acceptors (Lipinski definition) is 4. The third-order valence-corrected chi connectivity index (χ3v) is 2.12. The predicted octanol–water partition coefficient (Wildman–Crippen LogP) is -0.486. The first kappa shape index (κ1) is 9.11. The van der Waals surface area contributed by atoms with Gasteiger partial charge in [0.05, 0.1) is 6.07 Å². The molecule has 5 heteroatoms. The van der Waals surface area contributed by atoms with Crippen molar-refractivity contribution in [2.45, 2.75) is 6.92 Å². The van der Waals surface area contributed by atoms with Crippen LogP contribution in [0.1, 0.15) is 6.92 Å². The number of sulfone groups is 1. The van der Waals surface area contributed by atoms with E-state index in [1.54, 1.807) is 0 Å². The Kier molecular flexibility index (Phi) is 3.03. The van der Waals surface area contributed by atoms with E-state index in [9.17, 15) is 13.2 Å². The van der Waals surface area contributed by atoms with Crippen LogP contribution < -0.4 is 0 Å². The molecular weight excluding hydrogens is 154 g/mol. The van der Waals surface area contributed by atoms with Crippen molar-refractivity contribution in [2.75, 3.05) is 11.5 Å². The molecule has 0 aromatic carbocycles. The van der Waals surface area contributed by atoms with Gasteiger partial charge in [0.1, 0.15) is 17.3 Å². The number of nitrogens with zero attached hydrogens (tertiary/aromatic N) is 1. The molecule has 0 aliphatic rings. The van der Waals surface area contributed by atoms with Crippen LogP contribution in [0.25, 0.3) is 0 Å². The molecule has 0 fully saturated rings. The van der Waals surface area contributed by atoms with Crippen LogP contribution in [0.4, 0.5) is 0 Å². The SMILES string of the molecule is CC(=O)CS(=O)(=O)CC#N. The number of ketones is 1. The second kappa shape index (κ2) is 3.32. The fraction of sp³-hybridized carbons (Fsp3) is 0.600. The normalized spacial score (nSPS) is 10.4. The van der Waals surface area contributed by atoms with Gasteiger partial charge in [0.25, 0.3) is 0 Å². The first-order valence-corrected chi connectivity index (χ1v) is 4.37. The Bertz CT molecular complexity index is 259. The second-order valence-corrected chi connectivity index (χ2v) is 3.96. The lowest BCUT2D eigenvalue weighted by molar-refractivity contribution is -0.114. The predicted molar refractivity (Wildman–Crippen MR) is 34.9 cm³/mol. The van der Waals surface area contributed by atoms with Gasteiger partial charge >= 0.3 is 0 Å². The highest BCUT2D eigenvalue weighted by molar-refractivity contribution is 7.92. The zero-order valence-electron chi connectivity index (χ0n) is 5.49. The third-order valence-electron chi connectivity index (χ3n) is 0.708. The van der Waals surface area contributed by atoms with Crippen molar-refractivity contribution in [3.05, 3.63) is 0 Å². The minimum atomic E-state index is -3.44. The maximum atomic E-state index is 10.6. The van der Waals surface area contributed by atoms with Crippen molar-refractivity contribution in [1.82, 2.24) is 0 Å². The van der Waals surface area contributed by atoms with Crippen molar-refractivity contribution in [2.24, 2.45) is 0 Å². The Morgan fingerprint density at radius 1 is 1.60 bits per heavy atom. The Morgan fingerprint density at radius 3 is 2.40 bits per heavy atom. The Morgan fingerprint density at radius 2 is 2.10 bits per heavy atom. The number of carbonyl (C=O) groups excluding carboxylic acids is 1. The average Bonchev–Trinajstić information content (AvgIpc) is 1.59. The number of rotatable bonds is 3. The van der Waals surface area contributed by atoms with Crippen LogP contribution in [-0.2, 0) is 14.6 Å². The van der Waals surface area contributed by atoms with Crippen LogP contribution in [0.15, 0.2) is 0 Å². The summed E-state index contributed by atoms with van der Waals surface area (Å²) in [5.74, 6) is -1.54. The molecule has 0 saturated carbocycles. The monoisotopic (exact) mass is 161 g/mol. The molecule has 0 atom stereocenters. The fourth-order valence-corrected chi connectivity index (χ4v) is 1.38. The zero-order chi connectivity index (χ0) is 8.20. The molecule has 0 saturated heterocycles. The van der Waals surface area contributed by atoms with Gasteiger partial charge in [-0.25, -0.2) is 8.42 Å². The van der Waals surface area contributed by atoms with Crippen molar-refractivity contribution < 1.29 is 13.2 Å². The summed E-state index contributed by atoms with van der Waals surface area (Å²) in [5.41, 5.74) is 0. The minimum absolute atomic E-state index is 0.435. The smallest absolute Gasteiger partial charge is 0.170 e. The van der Waals surface area contributed by atoms with Gasteiger partial charge in [-0.3, -0.25) is 4.79 Å². The summed E-state index contributed by atoms with van der Waals surface area (Å²) in [4.78, 5) is 10.2. The molecule has 0 radical (unpaired) electrons. The van der Waals surface area contributed by atoms with Gasteiger partial charge in [0.2, 0.25) is 0 Å². The van der Waals surface area contributed by atoms with Crippen molar-refractivity contribution in [3.63, 3.8) is 0 Å². The number of hydrogen-bond donors (Lipinski definition) is 0. The van der Waals surface area contributed by atoms with E-state index in [0.717, 1.165) is 0 Å². The fourth-order valence-electron chi connectivity index (χ4n) is 0.459. The molecule has 0 aromatic heterocycles. The van der Waals surface area contributed by atoms with Gasteiger partial charge < -0.3 is 0 Å². The highest BCUT2D eigenvalue weighted by Gasteiger charge is 2.11. The van der Waals surface area contributed by atoms with Crippen LogP contribution in [0.3, 0.4) is 0 Å². The van der Waals surface area contributed by atoms with Crippen LogP contribution >= 0.6 is 0 Å². The van der Waals surface area contributed by atoms with Crippen LogP contribution in [0, 0.1) is 11.3 Å². The van der Waals surface area contributed by atoms with Crippen molar-refractivity contribution in [1.29, 1.82) is 5.26 Å². The molecule has 10 heavy (non-hydrogen) atoms. The number of carbonyl (C=O) groups is 1. The molecule has 0 unspecified atom stereocenters. The molecule has 0 bridgehead atoms. The maximum Gasteiger partial charge on any atom is 0.170 e. The zero-order valence-corrected chi connectivity index (χ0v) is 6.31. The van der Waals surface area contributed by atoms with E-state index in [2.05, 4.69) is 0 Å². The van der Waals surface area contributed by atoms with Crippen LogP contribution in [-0.4, -0.2) is 25.7 Å². The minimum Gasteiger partial charge on any atom is -0.299 e. The van der Waals surface area contributed by atoms with Gasteiger partial charge in [-0.05, 0) is 6.92 Å². The standard InChI is InChI=1S/C5H7NO3S/c1-5(7)4-10(8,9)3-2-6/h3-4H2,1H3.